The maximum Gasteiger partial charge on any atom is 0.257 e. The van der Waals surface area contributed by atoms with E-state index in [1.807, 2.05) is 24.4 Å². The maximum atomic E-state index is 13.1. The van der Waals surface area contributed by atoms with Crippen LogP contribution in [0.25, 0.3) is 27.9 Å². The molecule has 178 valence electrons. The molecule has 0 radical (unpaired) electrons. The number of aromatic amines is 1. The van der Waals surface area contributed by atoms with Gasteiger partial charge in [-0.3, -0.25) is 4.79 Å². The molecule has 2 fully saturated rings. The lowest BCUT2D eigenvalue weighted by Gasteiger charge is -2.15. The number of carbonyl (C=O) groups is 1. The van der Waals surface area contributed by atoms with Crippen molar-refractivity contribution in [3.63, 3.8) is 0 Å². The Morgan fingerprint density at radius 3 is 2.94 bits per heavy atom. The zero-order chi connectivity index (χ0) is 23.7. The molecule has 3 unspecified atom stereocenters. The Morgan fingerprint density at radius 1 is 1.41 bits per heavy atom. The van der Waals surface area contributed by atoms with Crippen LogP contribution in [0.3, 0.4) is 0 Å². The van der Waals surface area contributed by atoms with Crippen molar-refractivity contribution in [2.75, 3.05) is 25.6 Å². The molecule has 1 aliphatic carbocycles. The van der Waals surface area contributed by atoms with Crippen molar-refractivity contribution in [2.24, 2.45) is 0 Å². The highest BCUT2D eigenvalue weighted by atomic mass is 19.1. The van der Waals surface area contributed by atoms with Gasteiger partial charge in [-0.25, -0.2) is 14.4 Å². The number of halogens is 1. The van der Waals surface area contributed by atoms with E-state index in [1.165, 1.54) is 6.20 Å². The fourth-order valence-corrected chi connectivity index (χ4v) is 3.89. The third kappa shape index (κ3) is 4.44. The number of carbonyl (C=O) groups excluding carboxylic acids is 1. The SMILES string of the molecule is CNc1cc(-c2c[nH]c3ncccc23)nc2c(C(=O)NC3CC3F)cnn12.OC1CCCOC1. The zero-order valence-electron chi connectivity index (χ0n) is 18.7. The van der Waals surface area contributed by atoms with Gasteiger partial charge in [-0.15, -0.1) is 0 Å². The molecular formula is C23H26FN7O3. The van der Waals surface area contributed by atoms with E-state index < -0.39 is 12.2 Å². The van der Waals surface area contributed by atoms with Crippen LogP contribution in [0, 0.1) is 0 Å². The van der Waals surface area contributed by atoms with Crippen molar-refractivity contribution in [3.05, 3.63) is 42.4 Å². The van der Waals surface area contributed by atoms with Gasteiger partial charge >= 0.3 is 0 Å². The molecule has 4 aromatic heterocycles. The summed E-state index contributed by atoms with van der Waals surface area (Å²) in [4.78, 5) is 24.6. The van der Waals surface area contributed by atoms with Gasteiger partial charge in [0.25, 0.3) is 5.91 Å². The van der Waals surface area contributed by atoms with Crippen molar-refractivity contribution in [1.29, 1.82) is 0 Å². The minimum atomic E-state index is -0.967. The molecule has 0 bridgehead atoms. The quantitative estimate of drug-likeness (QED) is 0.362. The van der Waals surface area contributed by atoms with E-state index >= 15 is 0 Å². The van der Waals surface area contributed by atoms with Crippen LogP contribution in [0.2, 0.25) is 0 Å². The highest BCUT2D eigenvalue weighted by molar-refractivity contribution is 6.01. The minimum Gasteiger partial charge on any atom is -0.391 e. The van der Waals surface area contributed by atoms with Crippen LogP contribution in [-0.2, 0) is 4.74 Å². The number of alkyl halides is 1. The summed E-state index contributed by atoms with van der Waals surface area (Å²) in [7, 11) is 1.77. The number of nitrogens with zero attached hydrogens (tertiary/aromatic N) is 4. The van der Waals surface area contributed by atoms with Crippen LogP contribution in [0.1, 0.15) is 29.6 Å². The van der Waals surface area contributed by atoms with Gasteiger partial charge in [0.15, 0.2) is 5.65 Å². The van der Waals surface area contributed by atoms with E-state index in [9.17, 15) is 9.18 Å². The third-order valence-corrected chi connectivity index (χ3v) is 5.86. The summed E-state index contributed by atoms with van der Waals surface area (Å²) in [5.41, 5.74) is 3.02. The van der Waals surface area contributed by atoms with E-state index in [4.69, 9.17) is 9.84 Å². The van der Waals surface area contributed by atoms with Crippen LogP contribution in [0.15, 0.2) is 36.8 Å². The lowest BCUT2D eigenvalue weighted by molar-refractivity contribution is -0.00535. The number of nitrogens with one attached hydrogen (secondary N) is 3. The molecule has 0 spiro atoms. The largest absolute Gasteiger partial charge is 0.391 e. The predicted octanol–water partition coefficient (Wildman–Crippen LogP) is 2.31. The van der Waals surface area contributed by atoms with Gasteiger partial charge in [0, 0.05) is 49.5 Å². The minimum absolute atomic E-state index is 0.186. The molecule has 1 saturated carbocycles. The summed E-state index contributed by atoms with van der Waals surface area (Å²) in [6.07, 6.45) is 6.14. The average molecular weight is 468 g/mol. The van der Waals surface area contributed by atoms with Crippen molar-refractivity contribution >= 4 is 28.4 Å². The Morgan fingerprint density at radius 2 is 2.26 bits per heavy atom. The zero-order valence-corrected chi connectivity index (χ0v) is 18.7. The smallest absolute Gasteiger partial charge is 0.257 e. The van der Waals surface area contributed by atoms with Crippen LogP contribution in [0.5, 0.6) is 0 Å². The number of aliphatic hydroxyl groups excluding tert-OH is 1. The number of rotatable bonds is 4. The number of pyridine rings is 1. The topological polar surface area (TPSA) is 129 Å². The second-order valence-corrected chi connectivity index (χ2v) is 8.37. The summed E-state index contributed by atoms with van der Waals surface area (Å²) >= 11 is 0. The van der Waals surface area contributed by atoms with Crippen LogP contribution in [0.4, 0.5) is 10.2 Å². The average Bonchev–Trinajstić information content (AvgIpc) is 3.24. The molecule has 4 aromatic rings. The van der Waals surface area contributed by atoms with Crippen molar-refractivity contribution in [2.45, 2.75) is 37.6 Å². The highest BCUT2D eigenvalue weighted by Crippen LogP contribution is 2.30. The maximum absolute atomic E-state index is 13.1. The normalized spacial score (nSPS) is 21.7. The van der Waals surface area contributed by atoms with Gasteiger partial charge in [-0.2, -0.15) is 9.61 Å². The first-order valence-corrected chi connectivity index (χ1v) is 11.2. The van der Waals surface area contributed by atoms with Gasteiger partial charge in [0.05, 0.1) is 30.6 Å². The summed E-state index contributed by atoms with van der Waals surface area (Å²) in [5.74, 6) is 0.310. The monoisotopic (exact) mass is 467 g/mol. The summed E-state index contributed by atoms with van der Waals surface area (Å²) in [5, 5.41) is 19.7. The number of fused-ring (bicyclic) bond motifs is 2. The Bertz CT molecular complexity index is 1310. The highest BCUT2D eigenvalue weighted by Gasteiger charge is 2.39. The van der Waals surface area contributed by atoms with Crippen LogP contribution in [-0.4, -0.2) is 74.2 Å². The molecule has 6 rings (SSSR count). The van der Waals surface area contributed by atoms with Crippen molar-refractivity contribution in [3.8, 4) is 11.3 Å². The first kappa shape index (κ1) is 22.2. The molecule has 11 heteroatoms. The molecule has 1 aliphatic heterocycles. The molecule has 10 nitrogen and oxygen atoms in total. The first-order valence-electron chi connectivity index (χ1n) is 11.2. The molecule has 0 aromatic carbocycles. The standard InChI is InChI=1S/C18H16FN7O.C5H10O2/c1-20-15-6-13(10-7-22-16-9(10)3-2-4-21-16)24-17-11(8-23-26(15)17)18(27)25-14-5-12(14)19;6-5-2-1-3-7-4-5/h2-4,6-8,12,14,20H,5H2,1H3,(H,21,22)(H,25,27);5-6H,1-4H2. The number of anilines is 1. The summed E-state index contributed by atoms with van der Waals surface area (Å²) in [6.45, 7) is 1.37. The molecule has 1 amide bonds. The van der Waals surface area contributed by atoms with Crippen molar-refractivity contribution in [1.82, 2.24) is 29.9 Å². The Kier molecular flexibility index (Phi) is 6.12. The molecule has 5 heterocycles. The number of amides is 1. The van der Waals surface area contributed by atoms with Crippen LogP contribution >= 0.6 is 0 Å². The number of aromatic nitrogens is 5. The number of aliphatic hydroxyl groups is 1. The lowest BCUT2D eigenvalue weighted by atomic mass is 10.1. The number of H-pyrrole nitrogens is 1. The summed E-state index contributed by atoms with van der Waals surface area (Å²) < 4.78 is 19.6. The van der Waals surface area contributed by atoms with Gasteiger partial charge < -0.3 is 25.5 Å². The van der Waals surface area contributed by atoms with E-state index in [0.717, 1.165) is 36.0 Å². The van der Waals surface area contributed by atoms with Gasteiger partial charge in [0.2, 0.25) is 0 Å². The first-order chi connectivity index (χ1) is 16.5. The van der Waals surface area contributed by atoms with E-state index in [-0.39, 0.29) is 12.0 Å². The van der Waals surface area contributed by atoms with Gasteiger partial charge in [0.1, 0.15) is 23.2 Å². The Balaban J connectivity index is 0.000000297. The fraction of sp³-hybridized carbons (Fsp3) is 0.391. The molecule has 4 N–H and O–H groups in total. The molecule has 3 atom stereocenters. The van der Waals surface area contributed by atoms with E-state index in [2.05, 4.69) is 30.7 Å². The molecule has 34 heavy (non-hydrogen) atoms. The summed E-state index contributed by atoms with van der Waals surface area (Å²) in [6, 6.07) is 5.25. The van der Waals surface area contributed by atoms with Gasteiger partial charge in [-0.1, -0.05) is 0 Å². The number of hydrogen-bond acceptors (Lipinski definition) is 7. The third-order valence-electron chi connectivity index (χ3n) is 5.86. The van der Waals surface area contributed by atoms with Crippen LogP contribution < -0.4 is 10.6 Å². The predicted molar refractivity (Wildman–Crippen MR) is 124 cm³/mol. The molecular weight excluding hydrogens is 441 g/mol. The van der Waals surface area contributed by atoms with E-state index in [1.54, 1.807) is 17.8 Å². The Hall–Kier alpha value is -3.57. The Labute approximate surface area is 194 Å². The second kappa shape index (κ2) is 9.35. The number of ether oxygens (including phenoxy) is 1. The molecule has 1 saturated heterocycles. The second-order valence-electron chi connectivity index (χ2n) is 8.37. The fourth-order valence-electron chi connectivity index (χ4n) is 3.89. The lowest BCUT2D eigenvalue weighted by Crippen LogP contribution is -2.27. The van der Waals surface area contributed by atoms with Crippen molar-refractivity contribution < 1.29 is 19.0 Å². The van der Waals surface area contributed by atoms with E-state index in [0.29, 0.717) is 35.8 Å². The number of hydrogen-bond donors (Lipinski definition) is 4. The van der Waals surface area contributed by atoms with Gasteiger partial charge in [-0.05, 0) is 25.0 Å². The molecule has 2 aliphatic rings.